The van der Waals surface area contributed by atoms with Crippen molar-refractivity contribution < 1.29 is 0 Å². The van der Waals surface area contributed by atoms with Crippen molar-refractivity contribution in [2.24, 2.45) is 10.4 Å². The number of nitrogens with one attached hydrogen (secondary N) is 1. The number of nitrogens with zero attached hydrogens (tertiary/aromatic N) is 1. The third kappa shape index (κ3) is 3.63. The van der Waals surface area contributed by atoms with Gasteiger partial charge in [0.1, 0.15) is 0 Å². The Labute approximate surface area is 132 Å². The molecule has 1 saturated carbocycles. The van der Waals surface area contributed by atoms with Crippen molar-refractivity contribution in [1.29, 1.82) is 0 Å². The Morgan fingerprint density at radius 1 is 1.19 bits per heavy atom. The van der Waals surface area contributed by atoms with E-state index in [4.69, 9.17) is 4.99 Å². The van der Waals surface area contributed by atoms with Gasteiger partial charge in [-0.25, -0.2) is 0 Å². The Morgan fingerprint density at radius 3 is 2.48 bits per heavy atom. The average Bonchev–Trinajstić information content (AvgIpc) is 2.95. The first-order chi connectivity index (χ1) is 10.2. The Bertz CT molecular complexity index is 498. The number of aliphatic imine (C=N–C) groups is 1. The normalized spacial score (nSPS) is 20.8. The van der Waals surface area contributed by atoms with Crippen LogP contribution < -0.4 is 5.32 Å². The van der Waals surface area contributed by atoms with Crippen molar-refractivity contribution in [3.63, 3.8) is 0 Å². The molecule has 2 nitrogen and oxygen atoms in total. The van der Waals surface area contributed by atoms with Gasteiger partial charge in [-0.05, 0) is 35.3 Å². The minimum absolute atomic E-state index is 0.536. The van der Waals surface area contributed by atoms with E-state index in [0.29, 0.717) is 11.3 Å². The van der Waals surface area contributed by atoms with Gasteiger partial charge in [0.25, 0.3) is 0 Å². The summed E-state index contributed by atoms with van der Waals surface area (Å²) < 4.78 is 0. The zero-order valence-electron chi connectivity index (χ0n) is 13.2. The number of benzene rings is 1. The van der Waals surface area contributed by atoms with Gasteiger partial charge in [0.05, 0.1) is 0 Å². The Kier molecular flexibility index (Phi) is 4.58. The molecule has 0 aromatic heterocycles. The molecule has 1 aromatic carbocycles. The highest BCUT2D eigenvalue weighted by Gasteiger charge is 2.36. The van der Waals surface area contributed by atoms with Crippen LogP contribution in [-0.2, 0) is 6.54 Å². The smallest absolute Gasteiger partial charge is 0.156 e. The second-order valence-corrected chi connectivity index (χ2v) is 7.83. The fourth-order valence-corrected chi connectivity index (χ4v) is 4.44. The van der Waals surface area contributed by atoms with Gasteiger partial charge < -0.3 is 5.32 Å². The summed E-state index contributed by atoms with van der Waals surface area (Å²) >= 11 is 1.93. The molecule has 21 heavy (non-hydrogen) atoms. The molecule has 0 unspecified atom stereocenters. The third-order valence-electron chi connectivity index (χ3n) is 4.83. The molecular formula is C18H26N2S. The Balaban J connectivity index is 1.52. The standard InChI is InChI=1S/C18H26N2S/c1-14(2)16-7-5-15(6-8-16)11-19-17-20-12-18(13-21-17)9-3-4-10-18/h5-8,14H,3-4,9-13H2,1-2H3,(H,19,20). The molecule has 0 amide bonds. The lowest BCUT2D eigenvalue weighted by molar-refractivity contribution is 0.358. The maximum absolute atomic E-state index is 4.79. The Morgan fingerprint density at radius 2 is 1.90 bits per heavy atom. The van der Waals surface area contributed by atoms with Gasteiger partial charge in [0.15, 0.2) is 5.17 Å². The van der Waals surface area contributed by atoms with Crippen LogP contribution in [0.25, 0.3) is 0 Å². The minimum atomic E-state index is 0.536. The van der Waals surface area contributed by atoms with Crippen LogP contribution in [0.3, 0.4) is 0 Å². The van der Waals surface area contributed by atoms with Crippen LogP contribution in [0.1, 0.15) is 56.6 Å². The summed E-state index contributed by atoms with van der Waals surface area (Å²) in [6.45, 7) is 6.39. The lowest BCUT2D eigenvalue weighted by Gasteiger charge is -2.31. The third-order valence-corrected chi connectivity index (χ3v) is 6.13. The molecular weight excluding hydrogens is 276 g/mol. The van der Waals surface area contributed by atoms with E-state index in [1.54, 1.807) is 0 Å². The first-order valence-corrected chi connectivity index (χ1v) is 9.15. The summed E-state index contributed by atoms with van der Waals surface area (Å²) in [4.78, 5) is 4.79. The summed E-state index contributed by atoms with van der Waals surface area (Å²) in [5, 5.41) is 4.65. The fraction of sp³-hybridized carbons (Fsp3) is 0.611. The number of hydrogen-bond acceptors (Lipinski definition) is 3. The van der Waals surface area contributed by atoms with Gasteiger partial charge in [-0.3, -0.25) is 4.99 Å². The Hall–Kier alpha value is -0.960. The summed E-state index contributed by atoms with van der Waals surface area (Å²) in [5.74, 6) is 1.86. The number of amidine groups is 1. The van der Waals surface area contributed by atoms with Crippen LogP contribution >= 0.6 is 11.8 Å². The highest BCUT2D eigenvalue weighted by molar-refractivity contribution is 8.13. The van der Waals surface area contributed by atoms with E-state index in [0.717, 1.165) is 18.3 Å². The molecule has 1 heterocycles. The van der Waals surface area contributed by atoms with Gasteiger partial charge in [0.2, 0.25) is 0 Å². The number of rotatable bonds is 3. The molecule has 2 aliphatic rings. The molecule has 1 aromatic rings. The van der Waals surface area contributed by atoms with Gasteiger partial charge in [0, 0.05) is 18.8 Å². The van der Waals surface area contributed by atoms with Crippen molar-refractivity contribution in [2.45, 2.75) is 52.0 Å². The van der Waals surface area contributed by atoms with Gasteiger partial charge in [-0.2, -0.15) is 0 Å². The molecule has 0 saturated heterocycles. The first-order valence-electron chi connectivity index (χ1n) is 8.17. The van der Waals surface area contributed by atoms with E-state index >= 15 is 0 Å². The predicted octanol–water partition coefficient (Wildman–Crippen LogP) is 4.56. The van der Waals surface area contributed by atoms with Crippen molar-refractivity contribution in [3.8, 4) is 0 Å². The highest BCUT2D eigenvalue weighted by atomic mass is 32.2. The summed E-state index contributed by atoms with van der Waals surface area (Å²) in [7, 11) is 0. The maximum Gasteiger partial charge on any atom is 0.156 e. The zero-order valence-corrected chi connectivity index (χ0v) is 14.0. The van der Waals surface area contributed by atoms with Crippen molar-refractivity contribution in [1.82, 2.24) is 5.32 Å². The zero-order chi connectivity index (χ0) is 14.7. The van der Waals surface area contributed by atoms with Crippen molar-refractivity contribution in [2.75, 3.05) is 12.3 Å². The van der Waals surface area contributed by atoms with Gasteiger partial charge >= 0.3 is 0 Å². The maximum atomic E-state index is 4.79. The van der Waals surface area contributed by atoms with E-state index < -0.39 is 0 Å². The molecule has 3 rings (SSSR count). The molecule has 1 aliphatic heterocycles. The lowest BCUT2D eigenvalue weighted by Crippen LogP contribution is -2.33. The molecule has 1 fully saturated rings. The van der Waals surface area contributed by atoms with E-state index in [1.165, 1.54) is 42.6 Å². The topological polar surface area (TPSA) is 24.4 Å². The van der Waals surface area contributed by atoms with E-state index in [2.05, 4.69) is 43.4 Å². The van der Waals surface area contributed by atoms with Crippen LogP contribution in [0.5, 0.6) is 0 Å². The van der Waals surface area contributed by atoms with Crippen LogP contribution in [0.2, 0.25) is 0 Å². The number of hydrogen-bond donors (Lipinski definition) is 1. The van der Waals surface area contributed by atoms with Gasteiger partial charge in [-0.1, -0.05) is 62.7 Å². The lowest BCUT2D eigenvalue weighted by atomic mass is 9.89. The average molecular weight is 302 g/mol. The molecule has 1 aliphatic carbocycles. The quantitative estimate of drug-likeness (QED) is 0.885. The van der Waals surface area contributed by atoms with Crippen LogP contribution in [-0.4, -0.2) is 17.5 Å². The minimum Gasteiger partial charge on any atom is -0.361 e. The largest absolute Gasteiger partial charge is 0.361 e. The second kappa shape index (κ2) is 6.43. The second-order valence-electron chi connectivity index (χ2n) is 6.87. The molecule has 0 radical (unpaired) electrons. The molecule has 1 N–H and O–H groups in total. The molecule has 114 valence electrons. The van der Waals surface area contributed by atoms with Gasteiger partial charge in [-0.15, -0.1) is 0 Å². The summed E-state index contributed by atoms with van der Waals surface area (Å²) in [5.41, 5.74) is 3.28. The number of thioether (sulfide) groups is 1. The summed E-state index contributed by atoms with van der Waals surface area (Å²) in [6, 6.07) is 8.94. The fourth-order valence-electron chi connectivity index (χ4n) is 3.28. The van der Waals surface area contributed by atoms with Crippen molar-refractivity contribution >= 4 is 16.9 Å². The highest BCUT2D eigenvalue weighted by Crippen LogP contribution is 2.43. The van der Waals surface area contributed by atoms with E-state index in [9.17, 15) is 0 Å². The molecule has 1 spiro atoms. The van der Waals surface area contributed by atoms with Crippen LogP contribution in [0, 0.1) is 5.41 Å². The monoisotopic (exact) mass is 302 g/mol. The van der Waals surface area contributed by atoms with Crippen LogP contribution in [0.15, 0.2) is 29.3 Å². The van der Waals surface area contributed by atoms with Crippen molar-refractivity contribution in [3.05, 3.63) is 35.4 Å². The van der Waals surface area contributed by atoms with E-state index in [1.807, 2.05) is 11.8 Å². The summed E-state index contributed by atoms with van der Waals surface area (Å²) in [6.07, 6.45) is 5.57. The van der Waals surface area contributed by atoms with E-state index in [-0.39, 0.29) is 0 Å². The molecule has 3 heteroatoms. The SMILES string of the molecule is CC(C)c1ccc(CNC2=NCC3(CCCC3)CS2)cc1. The molecule has 0 atom stereocenters. The predicted molar refractivity (Wildman–Crippen MR) is 93.0 cm³/mol. The first kappa shape index (κ1) is 15.0. The molecule has 0 bridgehead atoms. The van der Waals surface area contributed by atoms with Crippen LogP contribution in [0.4, 0.5) is 0 Å².